The fraction of sp³-hybridized carbons (Fsp3) is 0.889. The number of carboxylic acid groups (broad SMARTS) is 1. The van der Waals surface area contributed by atoms with Crippen LogP contribution in [-0.2, 0) is 9.59 Å². The molecule has 0 heterocycles. The number of hydrogen-bond acceptors (Lipinski definition) is 2. The van der Waals surface area contributed by atoms with Gasteiger partial charge in [0, 0.05) is 13.3 Å². The van der Waals surface area contributed by atoms with Crippen molar-refractivity contribution < 1.29 is 19.2 Å². The Morgan fingerprint density at radius 2 is 1.35 bits per heavy atom. The second-order valence-electron chi connectivity index (χ2n) is 7.52. The van der Waals surface area contributed by atoms with Crippen molar-refractivity contribution in [3.05, 3.63) is 0 Å². The van der Waals surface area contributed by atoms with Crippen LogP contribution in [0, 0.1) is 0 Å². The van der Waals surface area contributed by atoms with Gasteiger partial charge in [0.1, 0.15) is 0 Å². The first-order chi connectivity index (χ1) is 10.6. The van der Waals surface area contributed by atoms with Crippen molar-refractivity contribution in [1.82, 2.24) is 5.32 Å². The summed E-state index contributed by atoms with van der Waals surface area (Å²) < 4.78 is 0.145. The standard InChI is InChI=1S/C18H36N2O3/c1-6-7-8-9-10-11-12-13-14-15-16(21)19-18(2,17(22)23)20(3,4)5/h6-15H2,1-5H3,(H-,19,21,22,23)/p+1. The molecule has 136 valence electrons. The Morgan fingerprint density at radius 3 is 1.74 bits per heavy atom. The molecule has 5 nitrogen and oxygen atoms in total. The van der Waals surface area contributed by atoms with Gasteiger partial charge in [-0.2, -0.15) is 0 Å². The van der Waals surface area contributed by atoms with Crippen molar-refractivity contribution in [2.45, 2.75) is 83.7 Å². The fourth-order valence-corrected chi connectivity index (χ4v) is 2.44. The second kappa shape index (κ2) is 10.6. The van der Waals surface area contributed by atoms with Crippen molar-refractivity contribution in [2.75, 3.05) is 21.1 Å². The average molecular weight is 330 g/mol. The summed E-state index contributed by atoms with van der Waals surface area (Å²) in [5, 5.41) is 12.1. The maximum absolute atomic E-state index is 12.0. The molecule has 1 amide bonds. The molecule has 0 aliphatic carbocycles. The van der Waals surface area contributed by atoms with Gasteiger partial charge in [-0.05, 0) is 6.42 Å². The number of quaternary nitrogens is 1. The molecular formula is C18H37N2O3+. The van der Waals surface area contributed by atoms with E-state index in [1.165, 1.54) is 38.5 Å². The molecule has 0 bridgehead atoms. The summed E-state index contributed by atoms with van der Waals surface area (Å²) >= 11 is 0. The Morgan fingerprint density at radius 1 is 0.913 bits per heavy atom. The lowest BCUT2D eigenvalue weighted by molar-refractivity contribution is -0.914. The first-order valence-electron chi connectivity index (χ1n) is 9.01. The van der Waals surface area contributed by atoms with Crippen LogP contribution in [0.25, 0.3) is 0 Å². The molecule has 0 spiro atoms. The maximum Gasteiger partial charge on any atom is 0.388 e. The number of carboxylic acids is 1. The van der Waals surface area contributed by atoms with E-state index in [1.54, 1.807) is 28.1 Å². The first-order valence-corrected chi connectivity index (χ1v) is 9.01. The van der Waals surface area contributed by atoms with E-state index in [0.29, 0.717) is 6.42 Å². The van der Waals surface area contributed by atoms with E-state index in [2.05, 4.69) is 12.2 Å². The molecule has 1 atom stereocenters. The zero-order valence-electron chi connectivity index (χ0n) is 15.8. The monoisotopic (exact) mass is 329 g/mol. The molecule has 0 aliphatic rings. The van der Waals surface area contributed by atoms with Crippen molar-refractivity contribution >= 4 is 11.9 Å². The molecule has 0 saturated carbocycles. The summed E-state index contributed by atoms with van der Waals surface area (Å²) in [6, 6.07) is 0. The van der Waals surface area contributed by atoms with Gasteiger partial charge in [-0.3, -0.25) is 14.6 Å². The maximum atomic E-state index is 12.0. The van der Waals surface area contributed by atoms with Gasteiger partial charge in [0.15, 0.2) is 0 Å². The molecule has 0 rings (SSSR count). The van der Waals surface area contributed by atoms with Gasteiger partial charge in [-0.15, -0.1) is 0 Å². The third-order valence-corrected chi connectivity index (χ3v) is 4.65. The zero-order valence-corrected chi connectivity index (χ0v) is 15.8. The van der Waals surface area contributed by atoms with Crippen LogP contribution in [0.3, 0.4) is 0 Å². The SMILES string of the molecule is CCCCCCCCCCCC(=O)NC(C)(C(=O)O)[N+](C)(C)C. The number of nitrogens with zero attached hydrogens (tertiary/aromatic N) is 1. The van der Waals surface area contributed by atoms with Crippen LogP contribution < -0.4 is 5.32 Å². The predicted molar refractivity (Wildman–Crippen MR) is 94.1 cm³/mol. The highest BCUT2D eigenvalue weighted by molar-refractivity contribution is 5.85. The van der Waals surface area contributed by atoms with Crippen molar-refractivity contribution in [1.29, 1.82) is 0 Å². The van der Waals surface area contributed by atoms with E-state index in [9.17, 15) is 14.7 Å². The molecule has 0 aromatic heterocycles. The van der Waals surface area contributed by atoms with Crippen LogP contribution in [-0.4, -0.2) is 48.3 Å². The lowest BCUT2D eigenvalue weighted by Gasteiger charge is -2.40. The number of unbranched alkanes of at least 4 members (excludes halogenated alkanes) is 8. The highest BCUT2D eigenvalue weighted by Gasteiger charge is 2.47. The third kappa shape index (κ3) is 8.35. The van der Waals surface area contributed by atoms with E-state index in [-0.39, 0.29) is 10.4 Å². The first kappa shape index (κ1) is 21.9. The molecule has 0 saturated heterocycles. The Kier molecular flexibility index (Phi) is 10.1. The van der Waals surface area contributed by atoms with Crippen LogP contribution in [0.2, 0.25) is 0 Å². The van der Waals surface area contributed by atoms with Crippen molar-refractivity contribution in [2.24, 2.45) is 0 Å². The van der Waals surface area contributed by atoms with E-state index in [1.807, 2.05) is 0 Å². The number of carbonyl (C=O) groups excluding carboxylic acids is 1. The van der Waals surface area contributed by atoms with Crippen molar-refractivity contribution in [3.63, 3.8) is 0 Å². The second-order valence-corrected chi connectivity index (χ2v) is 7.52. The Bertz CT molecular complexity index is 364. The topological polar surface area (TPSA) is 66.4 Å². The van der Waals surface area contributed by atoms with E-state index in [0.717, 1.165) is 19.3 Å². The Balaban J connectivity index is 3.92. The molecule has 0 aromatic carbocycles. The van der Waals surface area contributed by atoms with E-state index >= 15 is 0 Å². The summed E-state index contributed by atoms with van der Waals surface area (Å²) in [6.07, 6.45) is 11.2. The highest BCUT2D eigenvalue weighted by Crippen LogP contribution is 2.16. The van der Waals surface area contributed by atoms with Crippen LogP contribution in [0.15, 0.2) is 0 Å². The van der Waals surface area contributed by atoms with Gasteiger partial charge in [0.2, 0.25) is 5.91 Å². The number of rotatable bonds is 13. The smallest absolute Gasteiger partial charge is 0.388 e. The van der Waals surface area contributed by atoms with Gasteiger partial charge in [-0.25, -0.2) is 4.79 Å². The lowest BCUT2D eigenvalue weighted by atomic mass is 10.1. The van der Waals surface area contributed by atoms with Crippen LogP contribution in [0.1, 0.15) is 78.1 Å². The predicted octanol–water partition coefficient (Wildman–Crippen LogP) is 3.53. The molecule has 2 N–H and O–H groups in total. The molecule has 0 fully saturated rings. The minimum absolute atomic E-state index is 0.145. The molecule has 0 radical (unpaired) electrons. The number of hydrogen-bond donors (Lipinski definition) is 2. The summed E-state index contributed by atoms with van der Waals surface area (Å²) in [6.45, 7) is 3.78. The summed E-state index contributed by atoms with van der Waals surface area (Å²) in [5.74, 6) is -1.18. The van der Waals surface area contributed by atoms with E-state index < -0.39 is 11.6 Å². The molecule has 0 aliphatic heterocycles. The highest BCUT2D eigenvalue weighted by atomic mass is 16.4. The van der Waals surface area contributed by atoms with Gasteiger partial charge in [0.05, 0.1) is 21.1 Å². The van der Waals surface area contributed by atoms with Gasteiger partial charge >= 0.3 is 5.97 Å². The number of aliphatic carboxylic acids is 1. The average Bonchev–Trinajstić information content (AvgIpc) is 2.44. The quantitative estimate of drug-likeness (QED) is 0.309. The molecule has 1 unspecified atom stereocenters. The summed E-state index contributed by atoms with van der Waals surface area (Å²) in [7, 11) is 5.31. The number of carbonyl (C=O) groups is 2. The number of likely N-dealkylation sites (N-methyl/N-ethyl adjacent to an activating group) is 1. The zero-order chi connectivity index (χ0) is 17.9. The van der Waals surface area contributed by atoms with Crippen molar-refractivity contribution in [3.8, 4) is 0 Å². The lowest BCUT2D eigenvalue weighted by Crippen LogP contribution is -2.69. The summed E-state index contributed by atoms with van der Waals surface area (Å²) in [4.78, 5) is 23.5. The largest absolute Gasteiger partial charge is 0.475 e. The van der Waals surface area contributed by atoms with Gasteiger partial charge in [0.25, 0.3) is 5.66 Å². The minimum Gasteiger partial charge on any atom is -0.475 e. The van der Waals surface area contributed by atoms with Crippen LogP contribution in [0.4, 0.5) is 0 Å². The molecule has 0 aromatic rings. The minimum atomic E-state index is -1.30. The molecular weight excluding hydrogens is 292 g/mol. The number of nitrogens with one attached hydrogen (secondary N) is 1. The normalized spacial score (nSPS) is 14.3. The van der Waals surface area contributed by atoms with Gasteiger partial charge < -0.3 is 5.11 Å². The third-order valence-electron chi connectivity index (χ3n) is 4.65. The molecule has 5 heteroatoms. The summed E-state index contributed by atoms with van der Waals surface area (Å²) in [5.41, 5.74) is -1.30. The Hall–Kier alpha value is -1.10. The Labute approximate surface area is 142 Å². The fourth-order valence-electron chi connectivity index (χ4n) is 2.44. The number of amides is 1. The van der Waals surface area contributed by atoms with Gasteiger partial charge in [-0.1, -0.05) is 58.3 Å². The van der Waals surface area contributed by atoms with Crippen LogP contribution in [0.5, 0.6) is 0 Å². The van der Waals surface area contributed by atoms with Crippen LogP contribution >= 0.6 is 0 Å². The van der Waals surface area contributed by atoms with E-state index in [4.69, 9.17) is 0 Å². The molecule has 23 heavy (non-hydrogen) atoms.